The van der Waals surface area contributed by atoms with Crippen molar-refractivity contribution in [2.24, 2.45) is 0 Å². The van der Waals surface area contributed by atoms with E-state index >= 15 is 0 Å². The van der Waals surface area contributed by atoms with Gasteiger partial charge in [-0.05, 0) is 22.3 Å². The smallest absolute Gasteiger partial charge is 0.410 e. The minimum absolute atomic E-state index is 0.0534. The summed E-state index contributed by atoms with van der Waals surface area (Å²) in [4.78, 5) is 24.8. The zero-order chi connectivity index (χ0) is 18.7. The molecule has 0 fully saturated rings. The first-order valence-corrected chi connectivity index (χ1v) is 10.2. The van der Waals surface area contributed by atoms with Gasteiger partial charge in [-0.3, -0.25) is 4.90 Å². The quantitative estimate of drug-likeness (QED) is 0.579. The fourth-order valence-corrected chi connectivity index (χ4v) is 4.17. The molecule has 3 rings (SSSR count). The van der Waals surface area contributed by atoms with E-state index in [2.05, 4.69) is 23.8 Å². The molecule has 1 atom stereocenters. The molecule has 0 radical (unpaired) electrons. The van der Waals surface area contributed by atoms with Crippen molar-refractivity contribution in [2.45, 2.75) is 12.0 Å². The lowest BCUT2D eigenvalue weighted by Crippen LogP contribution is -2.44. The van der Waals surface area contributed by atoms with Gasteiger partial charge in [-0.25, -0.2) is 9.59 Å². The van der Waals surface area contributed by atoms with Gasteiger partial charge in [-0.2, -0.15) is 0 Å². The third kappa shape index (κ3) is 3.54. The van der Waals surface area contributed by atoms with E-state index in [9.17, 15) is 14.7 Å². The minimum atomic E-state index is -1.08. The van der Waals surface area contributed by atoms with Gasteiger partial charge in [0.1, 0.15) is 12.6 Å². The van der Waals surface area contributed by atoms with Crippen LogP contribution in [0.4, 0.5) is 4.79 Å². The monoisotopic (exact) mass is 389 g/mol. The van der Waals surface area contributed by atoms with E-state index in [4.69, 9.17) is 4.74 Å². The van der Waals surface area contributed by atoms with Crippen molar-refractivity contribution >= 4 is 34.5 Å². The lowest BCUT2D eigenvalue weighted by Gasteiger charge is -2.24. The fraction of sp³-hybridized carbons (Fsp3) is 0.263. The summed E-state index contributed by atoms with van der Waals surface area (Å²) in [5.41, 5.74) is 4.52. The standard InChI is InChI=1S/C19H19NO4S2/c1-20(17(11-26-25)18(21)22)19(23)24-10-16-14-8-4-2-6-12(14)13-7-3-5-9-15(13)16/h2-9,16-17,25H,10-11H2,1H3,(H,21,22)/t17-/m0/s1. The van der Waals surface area contributed by atoms with E-state index < -0.39 is 18.1 Å². The van der Waals surface area contributed by atoms with Crippen molar-refractivity contribution in [2.75, 3.05) is 19.4 Å². The molecule has 0 aromatic heterocycles. The zero-order valence-corrected chi connectivity index (χ0v) is 15.9. The highest BCUT2D eigenvalue weighted by molar-refractivity contribution is 8.68. The number of rotatable bonds is 6. The number of carbonyl (C=O) groups excluding carboxylic acids is 1. The molecule has 5 nitrogen and oxygen atoms in total. The van der Waals surface area contributed by atoms with Crippen molar-refractivity contribution in [1.29, 1.82) is 0 Å². The Hall–Kier alpha value is -2.12. The number of carbonyl (C=O) groups is 2. The Labute approximate surface area is 161 Å². The second kappa shape index (κ2) is 8.05. The van der Waals surface area contributed by atoms with Gasteiger partial charge >= 0.3 is 12.1 Å². The number of hydrogen-bond donors (Lipinski definition) is 2. The van der Waals surface area contributed by atoms with Crippen LogP contribution in [0.5, 0.6) is 0 Å². The van der Waals surface area contributed by atoms with E-state index in [-0.39, 0.29) is 18.3 Å². The Kier molecular flexibility index (Phi) is 5.78. The summed E-state index contributed by atoms with van der Waals surface area (Å²) in [5, 5.41) is 9.27. The van der Waals surface area contributed by atoms with Crippen LogP contribution in [-0.2, 0) is 9.53 Å². The number of fused-ring (bicyclic) bond motifs is 3. The summed E-state index contributed by atoms with van der Waals surface area (Å²) in [6.07, 6.45) is -0.651. The molecule has 0 saturated carbocycles. The second-order valence-electron chi connectivity index (χ2n) is 6.06. The Morgan fingerprint density at radius 1 is 1.15 bits per heavy atom. The molecule has 2 aromatic carbocycles. The highest BCUT2D eigenvalue weighted by Gasteiger charge is 2.31. The van der Waals surface area contributed by atoms with Crippen LogP contribution >= 0.6 is 22.5 Å². The first-order chi connectivity index (χ1) is 12.5. The molecular weight excluding hydrogens is 370 g/mol. The van der Waals surface area contributed by atoms with Gasteiger partial charge in [0.25, 0.3) is 0 Å². The molecule has 0 heterocycles. The molecule has 0 aliphatic heterocycles. The van der Waals surface area contributed by atoms with Crippen molar-refractivity contribution < 1.29 is 19.4 Å². The summed E-state index contributed by atoms with van der Waals surface area (Å²) in [6, 6.07) is 15.1. The highest BCUT2D eigenvalue weighted by Crippen LogP contribution is 2.44. The number of amides is 1. The SMILES string of the molecule is CN(C(=O)OCC1c2ccccc2-c2ccccc21)[C@@H](CSS)C(=O)O. The third-order valence-corrected chi connectivity index (χ3v) is 5.52. The van der Waals surface area contributed by atoms with Crippen LogP contribution in [0.2, 0.25) is 0 Å². The number of likely N-dealkylation sites (N-methyl/N-ethyl adjacent to an activating group) is 1. The molecule has 1 amide bonds. The number of benzene rings is 2. The Bertz CT molecular complexity index is 781. The summed E-state index contributed by atoms with van der Waals surface area (Å²) < 4.78 is 5.47. The summed E-state index contributed by atoms with van der Waals surface area (Å²) in [7, 11) is 2.50. The van der Waals surface area contributed by atoms with E-state index in [0.29, 0.717) is 0 Å². The van der Waals surface area contributed by atoms with Gasteiger partial charge in [0.2, 0.25) is 0 Å². The van der Waals surface area contributed by atoms with E-state index in [1.54, 1.807) is 0 Å². The number of ether oxygens (including phenoxy) is 1. The number of nitrogens with zero attached hydrogens (tertiary/aromatic N) is 1. The van der Waals surface area contributed by atoms with Crippen molar-refractivity contribution in [3.8, 4) is 11.1 Å². The Morgan fingerprint density at radius 2 is 1.69 bits per heavy atom. The van der Waals surface area contributed by atoms with Crippen LogP contribution in [0, 0.1) is 0 Å². The first kappa shape index (κ1) is 18.7. The van der Waals surface area contributed by atoms with Gasteiger partial charge in [-0.1, -0.05) is 59.3 Å². The molecule has 0 saturated heterocycles. The van der Waals surface area contributed by atoms with Crippen LogP contribution in [0.15, 0.2) is 48.5 Å². The average molecular weight is 389 g/mol. The Balaban J connectivity index is 1.75. The molecule has 1 aliphatic carbocycles. The number of carboxylic acid groups (broad SMARTS) is 1. The topological polar surface area (TPSA) is 66.8 Å². The molecule has 1 N–H and O–H groups in total. The van der Waals surface area contributed by atoms with E-state index in [1.165, 1.54) is 7.05 Å². The second-order valence-corrected chi connectivity index (χ2v) is 7.43. The lowest BCUT2D eigenvalue weighted by atomic mass is 9.98. The minimum Gasteiger partial charge on any atom is -0.480 e. The first-order valence-electron chi connectivity index (χ1n) is 8.11. The van der Waals surface area contributed by atoms with Crippen LogP contribution in [0.3, 0.4) is 0 Å². The lowest BCUT2D eigenvalue weighted by molar-refractivity contribution is -0.141. The van der Waals surface area contributed by atoms with Gasteiger partial charge < -0.3 is 9.84 Å². The van der Waals surface area contributed by atoms with Crippen molar-refractivity contribution in [3.63, 3.8) is 0 Å². The van der Waals surface area contributed by atoms with E-state index in [1.807, 2.05) is 36.4 Å². The highest BCUT2D eigenvalue weighted by atomic mass is 33.1. The average Bonchev–Trinajstić information content (AvgIpc) is 2.97. The predicted molar refractivity (Wildman–Crippen MR) is 106 cm³/mol. The molecule has 2 aromatic rings. The number of carboxylic acids is 1. The molecule has 26 heavy (non-hydrogen) atoms. The fourth-order valence-electron chi connectivity index (χ4n) is 3.24. The van der Waals surface area contributed by atoms with Crippen LogP contribution in [0.1, 0.15) is 17.0 Å². The number of thiol groups is 1. The van der Waals surface area contributed by atoms with Crippen LogP contribution in [0.25, 0.3) is 11.1 Å². The Morgan fingerprint density at radius 3 is 2.19 bits per heavy atom. The number of aliphatic carboxylic acids is 1. The summed E-state index contributed by atoms with van der Waals surface area (Å²) in [5.74, 6) is -0.955. The van der Waals surface area contributed by atoms with Gasteiger partial charge in [-0.15, -0.1) is 11.7 Å². The molecule has 7 heteroatoms. The van der Waals surface area contributed by atoms with Crippen molar-refractivity contribution in [3.05, 3.63) is 59.7 Å². The molecule has 0 bridgehead atoms. The molecule has 1 aliphatic rings. The molecule has 136 valence electrons. The molecule has 0 unspecified atom stereocenters. The van der Waals surface area contributed by atoms with Crippen molar-refractivity contribution in [1.82, 2.24) is 4.90 Å². The predicted octanol–water partition coefficient (Wildman–Crippen LogP) is 3.90. The van der Waals surface area contributed by atoms with Gasteiger partial charge in [0.15, 0.2) is 0 Å². The molecule has 0 spiro atoms. The maximum absolute atomic E-state index is 12.4. The summed E-state index contributed by atoms with van der Waals surface area (Å²) in [6.45, 7) is 0.164. The van der Waals surface area contributed by atoms with Gasteiger partial charge in [0, 0.05) is 18.7 Å². The third-order valence-electron chi connectivity index (χ3n) is 4.61. The summed E-state index contributed by atoms with van der Waals surface area (Å²) >= 11 is 3.98. The maximum Gasteiger partial charge on any atom is 0.410 e. The largest absolute Gasteiger partial charge is 0.480 e. The van der Waals surface area contributed by atoms with E-state index in [0.717, 1.165) is 37.9 Å². The maximum atomic E-state index is 12.4. The number of hydrogen-bond acceptors (Lipinski definition) is 5. The van der Waals surface area contributed by atoms with Crippen LogP contribution in [-0.4, -0.2) is 47.5 Å². The normalized spacial score (nSPS) is 13.6. The molecular formula is C19H19NO4S2. The van der Waals surface area contributed by atoms with Crippen LogP contribution < -0.4 is 0 Å². The van der Waals surface area contributed by atoms with Gasteiger partial charge in [0.05, 0.1) is 0 Å². The zero-order valence-electron chi connectivity index (χ0n) is 14.2.